The first-order valence-electron chi connectivity index (χ1n) is 6.56. The zero-order valence-corrected chi connectivity index (χ0v) is 11.3. The molecule has 0 aromatic heterocycles. The third kappa shape index (κ3) is 2.78. The van der Waals surface area contributed by atoms with E-state index in [2.05, 4.69) is 5.32 Å². The molecule has 1 atom stereocenters. The maximum Gasteiger partial charge on any atom is 0.255 e. The number of hydrogen-bond donors (Lipinski definition) is 1. The normalized spacial score (nSPS) is 18.8. The van der Waals surface area contributed by atoms with Crippen molar-refractivity contribution < 1.29 is 14.3 Å². The molecule has 102 valence electrons. The van der Waals surface area contributed by atoms with E-state index in [9.17, 15) is 4.79 Å². The molecule has 5 heteroatoms. The van der Waals surface area contributed by atoms with Crippen LogP contribution in [0.15, 0.2) is 18.2 Å². The molecule has 19 heavy (non-hydrogen) atoms. The van der Waals surface area contributed by atoms with Crippen molar-refractivity contribution in [3.8, 4) is 11.5 Å². The van der Waals surface area contributed by atoms with Gasteiger partial charge in [-0.2, -0.15) is 0 Å². The smallest absolute Gasteiger partial charge is 0.255 e. The Bertz CT molecular complexity index is 488. The molecule has 1 N–H and O–H groups in total. The number of nitrogens with one attached hydrogen (secondary N) is 1. The first-order chi connectivity index (χ1) is 9.25. The lowest BCUT2D eigenvalue weighted by atomic mass is 10.1. The van der Waals surface area contributed by atoms with Crippen LogP contribution < -0.4 is 14.8 Å². The number of ether oxygens (including phenoxy) is 2. The average Bonchev–Trinajstić information content (AvgIpc) is 3.28. The molecule has 1 aliphatic heterocycles. The molecule has 1 heterocycles. The van der Waals surface area contributed by atoms with E-state index < -0.39 is 0 Å². The van der Waals surface area contributed by atoms with E-state index in [4.69, 9.17) is 21.1 Å². The Labute approximate surface area is 117 Å². The number of benzene rings is 1. The maximum absolute atomic E-state index is 12.2. The summed E-state index contributed by atoms with van der Waals surface area (Å²) in [5.74, 6) is 1.56. The summed E-state index contributed by atoms with van der Waals surface area (Å²) in [6.45, 7) is 1.48. The Hall–Kier alpha value is -1.42. The van der Waals surface area contributed by atoms with Crippen molar-refractivity contribution >= 4 is 17.5 Å². The summed E-state index contributed by atoms with van der Waals surface area (Å²) in [7, 11) is 0. The molecule has 1 amide bonds. The number of hydrogen-bond acceptors (Lipinski definition) is 3. The van der Waals surface area contributed by atoms with Crippen LogP contribution in [0.2, 0.25) is 0 Å². The van der Waals surface area contributed by atoms with E-state index >= 15 is 0 Å². The third-order valence-corrected chi connectivity index (χ3v) is 3.91. The monoisotopic (exact) mass is 281 g/mol. The summed E-state index contributed by atoms with van der Waals surface area (Å²) in [6.07, 6.45) is 2.34. The molecule has 0 saturated heterocycles. The molecule has 0 radical (unpaired) electrons. The zero-order chi connectivity index (χ0) is 13.2. The van der Waals surface area contributed by atoms with E-state index in [1.54, 1.807) is 18.2 Å². The largest absolute Gasteiger partial charge is 0.486 e. The van der Waals surface area contributed by atoms with Gasteiger partial charge < -0.3 is 14.8 Å². The molecule has 3 rings (SSSR count). The summed E-state index contributed by atoms with van der Waals surface area (Å²) in [5.41, 5.74) is 0.511. The standard InChI is InChI=1S/C14H16ClNO3/c15-11(9-4-5-9)8-16-14(17)10-2-1-3-12-13(10)19-7-6-18-12/h1-3,9,11H,4-8H2,(H,16,17). The average molecular weight is 282 g/mol. The minimum Gasteiger partial charge on any atom is -0.486 e. The van der Waals surface area contributed by atoms with Gasteiger partial charge in [-0.15, -0.1) is 11.6 Å². The minimum atomic E-state index is -0.159. The lowest BCUT2D eigenvalue weighted by Gasteiger charge is -2.20. The van der Waals surface area contributed by atoms with Gasteiger partial charge in [0.05, 0.1) is 10.9 Å². The van der Waals surface area contributed by atoms with Gasteiger partial charge in [-0.05, 0) is 30.9 Å². The minimum absolute atomic E-state index is 0.0284. The second-order valence-corrected chi connectivity index (χ2v) is 5.45. The van der Waals surface area contributed by atoms with Gasteiger partial charge >= 0.3 is 0 Å². The number of halogens is 1. The van der Waals surface area contributed by atoms with Crippen LogP contribution in [0.4, 0.5) is 0 Å². The van der Waals surface area contributed by atoms with E-state index in [-0.39, 0.29) is 11.3 Å². The number of alkyl halides is 1. The van der Waals surface area contributed by atoms with Gasteiger partial charge in [0.15, 0.2) is 11.5 Å². The Morgan fingerprint density at radius 3 is 2.95 bits per heavy atom. The lowest BCUT2D eigenvalue weighted by molar-refractivity contribution is 0.0942. The van der Waals surface area contributed by atoms with Crippen LogP contribution in [-0.4, -0.2) is 31.0 Å². The van der Waals surface area contributed by atoms with E-state index in [1.165, 1.54) is 12.8 Å². The van der Waals surface area contributed by atoms with E-state index in [1.807, 2.05) is 0 Å². The van der Waals surface area contributed by atoms with Crippen molar-refractivity contribution in [2.24, 2.45) is 5.92 Å². The van der Waals surface area contributed by atoms with Crippen molar-refractivity contribution in [3.63, 3.8) is 0 Å². The van der Waals surface area contributed by atoms with Gasteiger partial charge in [0.1, 0.15) is 13.2 Å². The summed E-state index contributed by atoms with van der Waals surface area (Å²) in [4.78, 5) is 12.2. The lowest BCUT2D eigenvalue weighted by Crippen LogP contribution is -2.31. The zero-order valence-electron chi connectivity index (χ0n) is 10.5. The van der Waals surface area contributed by atoms with Crippen molar-refractivity contribution in [3.05, 3.63) is 23.8 Å². The van der Waals surface area contributed by atoms with Gasteiger partial charge in [0, 0.05) is 6.54 Å². The molecule has 2 aliphatic rings. The van der Waals surface area contributed by atoms with Crippen LogP contribution in [0.3, 0.4) is 0 Å². The fourth-order valence-electron chi connectivity index (χ4n) is 2.16. The van der Waals surface area contributed by atoms with E-state index in [0.717, 1.165) is 0 Å². The second-order valence-electron chi connectivity index (χ2n) is 4.89. The summed E-state index contributed by atoms with van der Waals surface area (Å²) < 4.78 is 11.0. The van der Waals surface area contributed by atoms with Gasteiger partial charge in [0.25, 0.3) is 5.91 Å². The highest BCUT2D eigenvalue weighted by Crippen LogP contribution is 2.36. The number of fused-ring (bicyclic) bond motifs is 1. The summed E-state index contributed by atoms with van der Waals surface area (Å²) in [5, 5.41) is 2.89. The number of para-hydroxylation sites is 1. The van der Waals surface area contributed by atoms with Gasteiger partial charge in [-0.1, -0.05) is 6.07 Å². The Balaban J connectivity index is 1.68. The van der Waals surface area contributed by atoms with Crippen LogP contribution in [0.5, 0.6) is 11.5 Å². The highest BCUT2D eigenvalue weighted by Gasteiger charge is 2.30. The van der Waals surface area contributed by atoms with Gasteiger partial charge in [-0.25, -0.2) is 0 Å². The number of carbonyl (C=O) groups is 1. The Morgan fingerprint density at radius 2 is 2.16 bits per heavy atom. The molecule has 0 spiro atoms. The summed E-state index contributed by atoms with van der Waals surface area (Å²) >= 11 is 6.18. The molecule has 1 unspecified atom stereocenters. The highest BCUT2D eigenvalue weighted by atomic mass is 35.5. The van der Waals surface area contributed by atoms with Crippen LogP contribution in [0.25, 0.3) is 0 Å². The predicted octanol–water partition coefficient (Wildman–Crippen LogP) is 2.21. The Morgan fingerprint density at radius 1 is 1.37 bits per heavy atom. The predicted molar refractivity (Wildman–Crippen MR) is 72.1 cm³/mol. The first-order valence-corrected chi connectivity index (χ1v) is 7.00. The van der Waals surface area contributed by atoms with Crippen LogP contribution in [0.1, 0.15) is 23.2 Å². The van der Waals surface area contributed by atoms with Crippen LogP contribution in [0, 0.1) is 5.92 Å². The van der Waals surface area contributed by atoms with Crippen molar-refractivity contribution in [2.45, 2.75) is 18.2 Å². The van der Waals surface area contributed by atoms with Crippen molar-refractivity contribution in [2.75, 3.05) is 19.8 Å². The number of amides is 1. The molecule has 1 aromatic carbocycles. The molecule has 1 aromatic rings. The van der Waals surface area contributed by atoms with Crippen LogP contribution in [-0.2, 0) is 0 Å². The fraction of sp³-hybridized carbons (Fsp3) is 0.500. The topological polar surface area (TPSA) is 47.6 Å². The summed E-state index contributed by atoms with van der Waals surface area (Å²) in [6, 6.07) is 5.34. The van der Waals surface area contributed by atoms with Crippen molar-refractivity contribution in [1.29, 1.82) is 0 Å². The molecule has 1 saturated carbocycles. The van der Waals surface area contributed by atoms with Gasteiger partial charge in [0.2, 0.25) is 0 Å². The Kier molecular flexibility index (Phi) is 3.51. The third-order valence-electron chi connectivity index (χ3n) is 3.40. The van der Waals surface area contributed by atoms with Crippen LogP contribution >= 0.6 is 11.6 Å². The molecule has 1 aliphatic carbocycles. The first kappa shape index (κ1) is 12.6. The quantitative estimate of drug-likeness (QED) is 0.861. The fourth-order valence-corrected chi connectivity index (χ4v) is 2.49. The van der Waals surface area contributed by atoms with Crippen molar-refractivity contribution in [1.82, 2.24) is 5.32 Å². The number of carbonyl (C=O) groups excluding carboxylic acids is 1. The molecular weight excluding hydrogens is 266 g/mol. The molecular formula is C14H16ClNO3. The highest BCUT2D eigenvalue weighted by molar-refractivity contribution is 6.21. The molecule has 0 bridgehead atoms. The SMILES string of the molecule is O=C(NCC(Cl)C1CC1)c1cccc2c1OCCO2. The maximum atomic E-state index is 12.2. The molecule has 1 fully saturated rings. The van der Waals surface area contributed by atoms with Gasteiger partial charge in [-0.3, -0.25) is 4.79 Å². The molecule has 4 nitrogen and oxygen atoms in total. The second kappa shape index (κ2) is 5.29. The van der Waals surface area contributed by atoms with E-state index in [0.29, 0.717) is 42.7 Å². The number of rotatable bonds is 4.